The van der Waals surface area contributed by atoms with Crippen LogP contribution in [0.5, 0.6) is 5.75 Å². The summed E-state index contributed by atoms with van der Waals surface area (Å²) in [6.07, 6.45) is 0. The molecule has 0 unspecified atom stereocenters. The fraction of sp³-hybridized carbons (Fsp3) is 0.188. The maximum absolute atomic E-state index is 14.1. The number of rotatable bonds is 4. The Morgan fingerprint density at radius 2 is 1.85 bits per heavy atom. The van der Waals surface area contributed by atoms with Crippen molar-refractivity contribution in [2.45, 2.75) is 20.5 Å². The van der Waals surface area contributed by atoms with Crippen LogP contribution in [0.4, 0.5) is 4.39 Å². The highest BCUT2D eigenvalue weighted by molar-refractivity contribution is 7.80. The number of thiocarbonyl (C=S) groups is 1. The molecule has 2 N–H and O–H groups in total. The van der Waals surface area contributed by atoms with Gasteiger partial charge in [-0.2, -0.15) is 0 Å². The van der Waals surface area contributed by atoms with E-state index in [4.69, 9.17) is 22.7 Å². The largest absolute Gasteiger partial charge is 0.489 e. The van der Waals surface area contributed by atoms with Crippen LogP contribution in [0.1, 0.15) is 22.3 Å². The summed E-state index contributed by atoms with van der Waals surface area (Å²) in [5, 5.41) is 0. The highest BCUT2D eigenvalue weighted by Gasteiger charge is 2.10. The van der Waals surface area contributed by atoms with E-state index in [-0.39, 0.29) is 17.2 Å². The van der Waals surface area contributed by atoms with Crippen LogP contribution in [0, 0.1) is 19.7 Å². The van der Waals surface area contributed by atoms with Gasteiger partial charge in [-0.1, -0.05) is 30.4 Å². The number of nitrogens with two attached hydrogens (primary N) is 1. The number of hydrogen-bond acceptors (Lipinski definition) is 2. The van der Waals surface area contributed by atoms with E-state index in [1.807, 2.05) is 26.0 Å². The van der Waals surface area contributed by atoms with E-state index in [2.05, 4.69) is 6.07 Å². The second-order valence-electron chi connectivity index (χ2n) is 4.76. The first-order chi connectivity index (χ1) is 9.47. The third kappa shape index (κ3) is 3.33. The van der Waals surface area contributed by atoms with Crippen LogP contribution >= 0.6 is 12.2 Å². The van der Waals surface area contributed by atoms with Crippen LogP contribution < -0.4 is 10.5 Å². The quantitative estimate of drug-likeness (QED) is 0.873. The molecule has 0 bridgehead atoms. The lowest BCUT2D eigenvalue weighted by molar-refractivity contribution is 0.299. The average Bonchev–Trinajstić information content (AvgIpc) is 2.36. The Hall–Kier alpha value is -1.94. The van der Waals surface area contributed by atoms with Crippen molar-refractivity contribution in [2.24, 2.45) is 5.73 Å². The zero-order valence-corrected chi connectivity index (χ0v) is 12.3. The molecule has 0 spiro atoms. The van der Waals surface area contributed by atoms with Crippen LogP contribution in [-0.2, 0) is 6.61 Å². The molecule has 20 heavy (non-hydrogen) atoms. The lowest BCUT2D eigenvalue weighted by Crippen LogP contribution is -2.13. The van der Waals surface area contributed by atoms with Gasteiger partial charge in [0, 0.05) is 11.1 Å². The first-order valence-corrected chi connectivity index (χ1v) is 6.66. The standard InChI is InChI=1S/C16H16FNOS/c1-10-6-11(2)8-13(7-10)19-9-12-4-3-5-14(15(12)17)16(18)20/h3-8H,9H2,1-2H3,(H2,18,20). The molecule has 0 aliphatic rings. The minimum absolute atomic E-state index is 0.0516. The summed E-state index contributed by atoms with van der Waals surface area (Å²) in [5.74, 6) is 0.312. The highest BCUT2D eigenvalue weighted by atomic mass is 32.1. The second kappa shape index (κ2) is 6.01. The Bertz CT molecular complexity index is 635. The molecular weight excluding hydrogens is 273 g/mol. The van der Waals surface area contributed by atoms with Crippen molar-refractivity contribution in [2.75, 3.05) is 0 Å². The monoisotopic (exact) mass is 289 g/mol. The predicted molar refractivity (Wildman–Crippen MR) is 82.5 cm³/mol. The average molecular weight is 289 g/mol. The Kier molecular flexibility index (Phi) is 4.35. The van der Waals surface area contributed by atoms with Gasteiger partial charge in [-0.3, -0.25) is 0 Å². The van der Waals surface area contributed by atoms with E-state index >= 15 is 0 Å². The maximum Gasteiger partial charge on any atom is 0.139 e. The third-order valence-electron chi connectivity index (χ3n) is 2.93. The molecule has 2 aromatic rings. The zero-order valence-electron chi connectivity index (χ0n) is 11.4. The molecule has 2 aromatic carbocycles. The van der Waals surface area contributed by atoms with Gasteiger partial charge in [0.05, 0.1) is 0 Å². The van der Waals surface area contributed by atoms with Gasteiger partial charge in [0.25, 0.3) is 0 Å². The molecule has 0 aliphatic heterocycles. The van der Waals surface area contributed by atoms with E-state index in [1.165, 1.54) is 0 Å². The van der Waals surface area contributed by atoms with E-state index in [0.717, 1.165) is 16.9 Å². The molecule has 104 valence electrons. The van der Waals surface area contributed by atoms with Crippen LogP contribution in [0.3, 0.4) is 0 Å². The number of halogens is 1. The van der Waals surface area contributed by atoms with Crippen LogP contribution in [-0.4, -0.2) is 4.99 Å². The maximum atomic E-state index is 14.1. The van der Waals surface area contributed by atoms with Gasteiger partial charge in [-0.15, -0.1) is 0 Å². The molecule has 0 atom stereocenters. The van der Waals surface area contributed by atoms with Crippen molar-refractivity contribution < 1.29 is 9.13 Å². The van der Waals surface area contributed by atoms with Gasteiger partial charge in [0.1, 0.15) is 23.2 Å². The molecule has 0 aliphatic carbocycles. The molecule has 0 saturated heterocycles. The van der Waals surface area contributed by atoms with Gasteiger partial charge in [-0.25, -0.2) is 4.39 Å². The topological polar surface area (TPSA) is 35.2 Å². The van der Waals surface area contributed by atoms with Gasteiger partial charge in [0.15, 0.2) is 0 Å². The highest BCUT2D eigenvalue weighted by Crippen LogP contribution is 2.19. The summed E-state index contributed by atoms with van der Waals surface area (Å²) in [7, 11) is 0. The Morgan fingerprint density at radius 3 is 2.45 bits per heavy atom. The van der Waals surface area contributed by atoms with Crippen molar-refractivity contribution in [1.29, 1.82) is 0 Å². The summed E-state index contributed by atoms with van der Waals surface area (Å²) in [6.45, 7) is 4.13. The molecule has 0 saturated carbocycles. The molecule has 0 aromatic heterocycles. The summed E-state index contributed by atoms with van der Waals surface area (Å²) in [6, 6.07) is 10.8. The van der Waals surface area contributed by atoms with Gasteiger partial charge < -0.3 is 10.5 Å². The fourth-order valence-electron chi connectivity index (χ4n) is 2.06. The third-order valence-corrected chi connectivity index (χ3v) is 3.15. The van der Waals surface area contributed by atoms with Gasteiger partial charge in [0.2, 0.25) is 0 Å². The molecule has 2 rings (SSSR count). The molecule has 0 fully saturated rings. The number of ether oxygens (including phenoxy) is 1. The van der Waals surface area contributed by atoms with Crippen LogP contribution in [0.2, 0.25) is 0 Å². The van der Waals surface area contributed by atoms with Crippen molar-refractivity contribution >= 4 is 17.2 Å². The number of aryl methyl sites for hydroxylation is 2. The SMILES string of the molecule is Cc1cc(C)cc(OCc2cccc(C(N)=S)c2F)c1. The van der Waals surface area contributed by atoms with Crippen molar-refractivity contribution in [1.82, 2.24) is 0 Å². The molecule has 0 amide bonds. The Morgan fingerprint density at radius 1 is 1.20 bits per heavy atom. The number of hydrogen-bond donors (Lipinski definition) is 1. The minimum atomic E-state index is -0.413. The predicted octanol–water partition coefficient (Wildman–Crippen LogP) is 3.66. The van der Waals surface area contributed by atoms with Crippen LogP contribution in [0.15, 0.2) is 36.4 Å². The minimum Gasteiger partial charge on any atom is -0.489 e. The van der Waals surface area contributed by atoms with E-state index < -0.39 is 5.82 Å². The van der Waals surface area contributed by atoms with E-state index in [9.17, 15) is 4.39 Å². The Labute approximate surface area is 123 Å². The molecule has 0 heterocycles. The Balaban J connectivity index is 2.19. The van der Waals surface area contributed by atoms with E-state index in [1.54, 1.807) is 18.2 Å². The zero-order chi connectivity index (χ0) is 14.7. The molecule has 2 nitrogen and oxygen atoms in total. The summed E-state index contributed by atoms with van der Waals surface area (Å²) in [5.41, 5.74) is 8.39. The summed E-state index contributed by atoms with van der Waals surface area (Å²) >= 11 is 4.82. The summed E-state index contributed by atoms with van der Waals surface area (Å²) in [4.78, 5) is 0.0516. The van der Waals surface area contributed by atoms with Crippen molar-refractivity contribution in [3.63, 3.8) is 0 Å². The van der Waals surface area contributed by atoms with Crippen molar-refractivity contribution in [3.05, 3.63) is 64.5 Å². The van der Waals surface area contributed by atoms with Crippen LogP contribution in [0.25, 0.3) is 0 Å². The molecule has 4 heteroatoms. The smallest absolute Gasteiger partial charge is 0.139 e. The normalized spacial score (nSPS) is 10.3. The first-order valence-electron chi connectivity index (χ1n) is 6.25. The lowest BCUT2D eigenvalue weighted by atomic mass is 10.1. The van der Waals surface area contributed by atoms with Gasteiger partial charge >= 0.3 is 0 Å². The fourth-order valence-corrected chi connectivity index (χ4v) is 2.22. The lowest BCUT2D eigenvalue weighted by Gasteiger charge is -2.10. The molecular formula is C16H16FNOS. The molecule has 0 radical (unpaired) electrons. The first kappa shape index (κ1) is 14.5. The summed E-state index contributed by atoms with van der Waals surface area (Å²) < 4.78 is 19.8. The number of benzene rings is 2. The second-order valence-corrected chi connectivity index (χ2v) is 5.19. The van der Waals surface area contributed by atoms with Gasteiger partial charge in [-0.05, 0) is 43.2 Å². The van der Waals surface area contributed by atoms with E-state index in [0.29, 0.717) is 5.56 Å². The van der Waals surface area contributed by atoms with Crippen molar-refractivity contribution in [3.8, 4) is 5.75 Å².